The van der Waals surface area contributed by atoms with Gasteiger partial charge in [-0.2, -0.15) is 0 Å². The van der Waals surface area contributed by atoms with Crippen LogP contribution in [0.4, 0.5) is 0 Å². The molecule has 1 atom stereocenters. The summed E-state index contributed by atoms with van der Waals surface area (Å²) in [6, 6.07) is 6.15. The van der Waals surface area contributed by atoms with E-state index in [4.69, 9.17) is 0 Å². The molecule has 4 heteroatoms. The van der Waals surface area contributed by atoms with E-state index in [1.807, 2.05) is 0 Å². The Balaban J connectivity index is 2.38. The number of imide groups is 1. The summed E-state index contributed by atoms with van der Waals surface area (Å²) >= 11 is 0. The lowest BCUT2D eigenvalue weighted by atomic mass is 10.1. The maximum absolute atomic E-state index is 12.0. The van der Waals surface area contributed by atoms with E-state index in [-0.39, 0.29) is 18.4 Å². The van der Waals surface area contributed by atoms with Gasteiger partial charge in [0, 0.05) is 0 Å². The standard InChI is InChI=1S/C13H13NO3/c1-2-5-9(8-15)14-12(16)10-6-3-4-7-11(10)13(14)17/h2-4,6-7,9,15H,1,5,8H2/t9-/m0/s1. The van der Waals surface area contributed by atoms with E-state index >= 15 is 0 Å². The summed E-state index contributed by atoms with van der Waals surface area (Å²) in [5.74, 6) is -0.682. The second-order valence-corrected chi connectivity index (χ2v) is 3.89. The van der Waals surface area contributed by atoms with Gasteiger partial charge >= 0.3 is 0 Å². The van der Waals surface area contributed by atoms with Gasteiger partial charge < -0.3 is 5.11 Å². The number of carbonyl (C=O) groups is 2. The second kappa shape index (κ2) is 4.51. The average molecular weight is 231 g/mol. The van der Waals surface area contributed by atoms with Gasteiger partial charge in [0.05, 0.1) is 23.8 Å². The van der Waals surface area contributed by atoms with Crippen molar-refractivity contribution in [1.29, 1.82) is 0 Å². The highest BCUT2D eigenvalue weighted by Gasteiger charge is 2.38. The SMILES string of the molecule is C=CC[C@@H](CO)N1C(=O)c2ccccc2C1=O. The van der Waals surface area contributed by atoms with Crippen LogP contribution >= 0.6 is 0 Å². The fourth-order valence-corrected chi connectivity index (χ4v) is 1.99. The molecule has 0 aromatic heterocycles. The second-order valence-electron chi connectivity index (χ2n) is 3.89. The Bertz CT molecular complexity index is 446. The van der Waals surface area contributed by atoms with Crippen molar-refractivity contribution in [3.63, 3.8) is 0 Å². The number of hydrogen-bond donors (Lipinski definition) is 1. The van der Waals surface area contributed by atoms with Crippen molar-refractivity contribution >= 4 is 11.8 Å². The summed E-state index contributed by atoms with van der Waals surface area (Å²) in [4.78, 5) is 25.2. The number of fused-ring (bicyclic) bond motifs is 1. The minimum Gasteiger partial charge on any atom is -0.394 e. The molecule has 0 unspecified atom stereocenters. The zero-order valence-electron chi connectivity index (χ0n) is 9.30. The third-order valence-corrected chi connectivity index (χ3v) is 2.84. The van der Waals surface area contributed by atoms with Crippen molar-refractivity contribution < 1.29 is 14.7 Å². The Kier molecular flexibility index (Phi) is 3.06. The van der Waals surface area contributed by atoms with Gasteiger partial charge in [0.2, 0.25) is 0 Å². The molecule has 88 valence electrons. The minimum absolute atomic E-state index is 0.252. The molecule has 17 heavy (non-hydrogen) atoms. The van der Waals surface area contributed by atoms with Crippen LogP contribution in [0.5, 0.6) is 0 Å². The van der Waals surface area contributed by atoms with Crippen LogP contribution in [0.15, 0.2) is 36.9 Å². The summed E-state index contributed by atoms with van der Waals surface area (Å²) in [6.07, 6.45) is 1.98. The van der Waals surface area contributed by atoms with Gasteiger partial charge in [0.15, 0.2) is 0 Å². The van der Waals surface area contributed by atoms with Crippen LogP contribution in [0.2, 0.25) is 0 Å². The largest absolute Gasteiger partial charge is 0.394 e. The number of carbonyl (C=O) groups excluding carboxylic acids is 2. The van der Waals surface area contributed by atoms with Crippen LogP contribution in [-0.2, 0) is 0 Å². The van der Waals surface area contributed by atoms with E-state index in [1.165, 1.54) is 0 Å². The van der Waals surface area contributed by atoms with Crippen molar-refractivity contribution in [2.24, 2.45) is 0 Å². The average Bonchev–Trinajstić information content (AvgIpc) is 2.61. The number of rotatable bonds is 4. The first-order valence-corrected chi connectivity index (χ1v) is 5.39. The quantitative estimate of drug-likeness (QED) is 0.626. The zero-order valence-corrected chi connectivity index (χ0v) is 9.30. The van der Waals surface area contributed by atoms with Gasteiger partial charge in [-0.15, -0.1) is 6.58 Å². The first kappa shape index (κ1) is 11.5. The van der Waals surface area contributed by atoms with E-state index in [0.717, 1.165) is 4.90 Å². The molecular weight excluding hydrogens is 218 g/mol. The Morgan fingerprint density at radius 2 is 1.76 bits per heavy atom. The van der Waals surface area contributed by atoms with Gasteiger partial charge in [-0.25, -0.2) is 0 Å². The number of aliphatic hydroxyl groups excluding tert-OH is 1. The summed E-state index contributed by atoms with van der Waals surface area (Å²) in [6.45, 7) is 3.31. The van der Waals surface area contributed by atoms with Crippen molar-refractivity contribution in [3.05, 3.63) is 48.0 Å². The highest BCUT2D eigenvalue weighted by atomic mass is 16.3. The Morgan fingerprint density at radius 1 is 1.24 bits per heavy atom. The molecule has 0 aliphatic carbocycles. The van der Waals surface area contributed by atoms with Gasteiger partial charge in [0.25, 0.3) is 11.8 Å². The summed E-state index contributed by atoms with van der Waals surface area (Å²) < 4.78 is 0. The number of hydrogen-bond acceptors (Lipinski definition) is 3. The zero-order chi connectivity index (χ0) is 12.4. The van der Waals surface area contributed by atoms with Crippen molar-refractivity contribution in [3.8, 4) is 0 Å². The molecule has 2 amide bonds. The monoisotopic (exact) mass is 231 g/mol. The molecule has 2 rings (SSSR count). The predicted molar refractivity (Wildman–Crippen MR) is 62.6 cm³/mol. The van der Waals surface area contributed by atoms with Crippen molar-refractivity contribution in [2.75, 3.05) is 6.61 Å². The molecule has 1 aliphatic rings. The Labute approximate surface area is 99.2 Å². The lowest BCUT2D eigenvalue weighted by molar-refractivity contribution is 0.0519. The van der Waals surface area contributed by atoms with Gasteiger partial charge in [-0.05, 0) is 18.6 Å². The number of nitrogens with zero attached hydrogens (tertiary/aromatic N) is 1. The highest BCUT2D eigenvalue weighted by Crippen LogP contribution is 2.25. The lowest BCUT2D eigenvalue weighted by Crippen LogP contribution is -2.41. The summed E-state index contributed by atoms with van der Waals surface area (Å²) in [5.41, 5.74) is 0.806. The molecule has 1 N–H and O–H groups in total. The van der Waals surface area contributed by atoms with E-state index in [1.54, 1.807) is 30.3 Å². The maximum atomic E-state index is 12.0. The maximum Gasteiger partial charge on any atom is 0.261 e. The molecule has 0 fully saturated rings. The third kappa shape index (κ3) is 1.76. The summed E-state index contributed by atoms with van der Waals surface area (Å²) in [5, 5.41) is 9.24. The first-order valence-electron chi connectivity index (χ1n) is 5.39. The van der Waals surface area contributed by atoms with Gasteiger partial charge in [-0.1, -0.05) is 18.2 Å². The molecule has 1 heterocycles. The van der Waals surface area contributed by atoms with E-state index < -0.39 is 6.04 Å². The van der Waals surface area contributed by atoms with Gasteiger partial charge in [0.1, 0.15) is 0 Å². The fourth-order valence-electron chi connectivity index (χ4n) is 1.99. The summed E-state index contributed by atoms with van der Waals surface area (Å²) in [7, 11) is 0. The third-order valence-electron chi connectivity index (χ3n) is 2.84. The molecule has 0 saturated heterocycles. The lowest BCUT2D eigenvalue weighted by Gasteiger charge is -2.22. The Morgan fingerprint density at radius 3 is 2.18 bits per heavy atom. The smallest absolute Gasteiger partial charge is 0.261 e. The van der Waals surface area contributed by atoms with Crippen LogP contribution in [-0.4, -0.2) is 34.5 Å². The number of amides is 2. The van der Waals surface area contributed by atoms with Crippen LogP contribution in [0, 0.1) is 0 Å². The first-order chi connectivity index (χ1) is 8.20. The Hall–Kier alpha value is -1.94. The predicted octanol–water partition coefficient (Wildman–Crippen LogP) is 1.22. The molecule has 1 aliphatic heterocycles. The van der Waals surface area contributed by atoms with Crippen LogP contribution in [0.1, 0.15) is 27.1 Å². The van der Waals surface area contributed by atoms with Gasteiger partial charge in [-0.3, -0.25) is 14.5 Å². The van der Waals surface area contributed by atoms with E-state index in [2.05, 4.69) is 6.58 Å². The van der Waals surface area contributed by atoms with Crippen molar-refractivity contribution in [1.82, 2.24) is 4.90 Å². The van der Waals surface area contributed by atoms with E-state index in [0.29, 0.717) is 17.5 Å². The molecule has 0 radical (unpaired) electrons. The molecule has 4 nitrogen and oxygen atoms in total. The molecule has 0 spiro atoms. The number of benzene rings is 1. The molecule has 1 aromatic rings. The fraction of sp³-hybridized carbons (Fsp3) is 0.231. The van der Waals surface area contributed by atoms with Crippen LogP contribution in [0.25, 0.3) is 0 Å². The normalized spacial score (nSPS) is 15.9. The van der Waals surface area contributed by atoms with Crippen LogP contribution in [0.3, 0.4) is 0 Å². The van der Waals surface area contributed by atoms with Crippen molar-refractivity contribution in [2.45, 2.75) is 12.5 Å². The molecule has 1 aromatic carbocycles. The van der Waals surface area contributed by atoms with Crippen LogP contribution < -0.4 is 0 Å². The van der Waals surface area contributed by atoms with E-state index in [9.17, 15) is 14.7 Å². The topological polar surface area (TPSA) is 57.6 Å². The number of aliphatic hydroxyl groups is 1. The molecule has 0 saturated carbocycles. The molecular formula is C13H13NO3. The minimum atomic E-state index is -0.528. The highest BCUT2D eigenvalue weighted by molar-refractivity contribution is 6.21. The molecule has 0 bridgehead atoms.